The SMILES string of the molecule is Cc1sc(NC(=O)c2ccco2)c([C@@H](c2cccnc2)N2CCN(Cc3ccccc3)CC2)c1C. The van der Waals surface area contributed by atoms with Crippen LogP contribution in [0.25, 0.3) is 0 Å². The molecule has 0 aliphatic carbocycles. The molecule has 1 aliphatic rings. The van der Waals surface area contributed by atoms with Gasteiger partial charge in [0, 0.05) is 55.6 Å². The molecule has 1 atom stereocenters. The molecule has 1 fully saturated rings. The first-order valence-electron chi connectivity index (χ1n) is 11.9. The molecule has 6 nitrogen and oxygen atoms in total. The number of nitrogens with one attached hydrogen (secondary N) is 1. The summed E-state index contributed by atoms with van der Waals surface area (Å²) in [4.78, 5) is 23.5. The van der Waals surface area contributed by atoms with Crippen molar-refractivity contribution in [3.63, 3.8) is 0 Å². The maximum atomic E-state index is 12.9. The molecule has 1 aliphatic heterocycles. The van der Waals surface area contributed by atoms with E-state index in [0.29, 0.717) is 5.76 Å². The predicted molar refractivity (Wildman–Crippen MR) is 140 cm³/mol. The Kier molecular flexibility index (Phi) is 7.08. The van der Waals surface area contributed by atoms with Gasteiger partial charge in [-0.05, 0) is 48.7 Å². The topological polar surface area (TPSA) is 61.6 Å². The van der Waals surface area contributed by atoms with Crippen molar-refractivity contribution in [2.45, 2.75) is 26.4 Å². The van der Waals surface area contributed by atoms with Crippen LogP contribution in [0.5, 0.6) is 0 Å². The monoisotopic (exact) mass is 486 g/mol. The maximum Gasteiger partial charge on any atom is 0.291 e. The Hall–Kier alpha value is -3.26. The number of rotatable bonds is 7. The number of furan rings is 1. The third-order valence-corrected chi connectivity index (χ3v) is 7.84. The molecule has 4 heterocycles. The number of anilines is 1. The van der Waals surface area contributed by atoms with Crippen LogP contribution in [0.1, 0.15) is 43.7 Å². The molecule has 0 bridgehead atoms. The number of thiophene rings is 1. The summed E-state index contributed by atoms with van der Waals surface area (Å²) < 4.78 is 5.33. The van der Waals surface area contributed by atoms with Crippen molar-refractivity contribution < 1.29 is 9.21 Å². The van der Waals surface area contributed by atoms with E-state index in [9.17, 15) is 4.79 Å². The zero-order chi connectivity index (χ0) is 24.2. The first-order valence-corrected chi connectivity index (χ1v) is 12.8. The highest BCUT2D eigenvalue weighted by atomic mass is 32.1. The number of hydrogen-bond acceptors (Lipinski definition) is 6. The number of benzene rings is 1. The Bertz CT molecular complexity index is 1250. The molecule has 4 aromatic rings. The van der Waals surface area contributed by atoms with Gasteiger partial charge in [-0.1, -0.05) is 36.4 Å². The van der Waals surface area contributed by atoms with Gasteiger partial charge in [0.2, 0.25) is 0 Å². The molecule has 1 saturated heterocycles. The second-order valence-corrected chi connectivity index (χ2v) is 10.2. The first-order chi connectivity index (χ1) is 17.1. The van der Waals surface area contributed by atoms with Gasteiger partial charge in [0.05, 0.1) is 12.3 Å². The Morgan fingerprint density at radius 2 is 1.86 bits per heavy atom. The molecule has 5 rings (SSSR count). The van der Waals surface area contributed by atoms with E-state index >= 15 is 0 Å². The molecule has 0 spiro atoms. The van der Waals surface area contributed by atoms with Crippen LogP contribution in [0, 0.1) is 13.8 Å². The van der Waals surface area contributed by atoms with E-state index in [4.69, 9.17) is 4.42 Å². The zero-order valence-electron chi connectivity index (χ0n) is 20.1. The second kappa shape index (κ2) is 10.6. The van der Waals surface area contributed by atoms with Crippen molar-refractivity contribution in [2.75, 3.05) is 31.5 Å². The van der Waals surface area contributed by atoms with E-state index in [-0.39, 0.29) is 11.9 Å². The lowest BCUT2D eigenvalue weighted by atomic mass is 9.95. The van der Waals surface area contributed by atoms with E-state index < -0.39 is 0 Å². The molecular weight excluding hydrogens is 456 g/mol. The standard InChI is InChI=1S/C28H30N4O2S/c1-20-21(2)35-28(30-27(33)24-11-7-17-34-24)25(20)26(23-10-6-12-29-18-23)32-15-13-31(14-16-32)19-22-8-4-3-5-9-22/h3-12,17-18,26H,13-16,19H2,1-2H3,(H,30,33)/t26-/m1/s1. The number of aromatic nitrogens is 1. The molecule has 1 amide bonds. The third kappa shape index (κ3) is 5.22. The number of carbonyl (C=O) groups excluding carboxylic acids is 1. The second-order valence-electron chi connectivity index (χ2n) is 8.94. The normalized spacial score (nSPS) is 15.7. The Labute approximate surface area is 210 Å². The van der Waals surface area contributed by atoms with Crippen molar-refractivity contribution in [3.8, 4) is 0 Å². The van der Waals surface area contributed by atoms with Gasteiger partial charge in [-0.15, -0.1) is 11.3 Å². The highest BCUT2D eigenvalue weighted by Crippen LogP contribution is 2.42. The number of aryl methyl sites for hydroxylation is 1. The highest BCUT2D eigenvalue weighted by Gasteiger charge is 2.32. The summed E-state index contributed by atoms with van der Waals surface area (Å²) >= 11 is 1.62. The smallest absolute Gasteiger partial charge is 0.291 e. The minimum Gasteiger partial charge on any atom is -0.459 e. The van der Waals surface area contributed by atoms with Crippen LogP contribution in [-0.2, 0) is 6.54 Å². The van der Waals surface area contributed by atoms with E-state index in [1.54, 1.807) is 23.5 Å². The Balaban J connectivity index is 1.42. The fourth-order valence-electron chi connectivity index (χ4n) is 4.76. The summed E-state index contributed by atoms with van der Waals surface area (Å²) in [5, 5.41) is 4.01. The van der Waals surface area contributed by atoms with Gasteiger partial charge >= 0.3 is 0 Å². The number of carbonyl (C=O) groups is 1. The lowest BCUT2D eigenvalue weighted by molar-refractivity contribution is 0.0994. The van der Waals surface area contributed by atoms with Gasteiger partial charge in [-0.3, -0.25) is 19.6 Å². The molecule has 1 aromatic carbocycles. The summed E-state index contributed by atoms with van der Waals surface area (Å²) in [6.07, 6.45) is 5.28. The quantitative estimate of drug-likeness (QED) is 0.373. The van der Waals surface area contributed by atoms with Gasteiger partial charge in [-0.25, -0.2) is 0 Å². The van der Waals surface area contributed by atoms with E-state index in [0.717, 1.165) is 48.9 Å². The van der Waals surface area contributed by atoms with E-state index in [2.05, 4.69) is 70.3 Å². The molecule has 35 heavy (non-hydrogen) atoms. The van der Waals surface area contributed by atoms with Crippen LogP contribution in [-0.4, -0.2) is 46.9 Å². The zero-order valence-corrected chi connectivity index (χ0v) is 20.9. The summed E-state index contributed by atoms with van der Waals surface area (Å²) in [5.74, 6) is 0.0854. The largest absolute Gasteiger partial charge is 0.459 e. The lowest BCUT2D eigenvalue weighted by Gasteiger charge is -2.40. The minimum absolute atomic E-state index is 0.0134. The van der Waals surface area contributed by atoms with Gasteiger partial charge in [0.25, 0.3) is 5.91 Å². The number of hydrogen-bond donors (Lipinski definition) is 1. The lowest BCUT2D eigenvalue weighted by Crippen LogP contribution is -2.47. The molecule has 7 heteroatoms. The van der Waals surface area contributed by atoms with Gasteiger partial charge in [0.1, 0.15) is 5.00 Å². The van der Waals surface area contributed by atoms with E-state index in [1.165, 1.54) is 22.3 Å². The van der Waals surface area contributed by atoms with Crippen molar-refractivity contribution in [3.05, 3.63) is 106 Å². The van der Waals surface area contributed by atoms with Crippen molar-refractivity contribution >= 4 is 22.2 Å². The van der Waals surface area contributed by atoms with Crippen LogP contribution < -0.4 is 5.32 Å². The predicted octanol–water partition coefficient (Wildman–Crippen LogP) is 5.51. The first kappa shape index (κ1) is 23.5. The van der Waals surface area contributed by atoms with Gasteiger partial charge in [-0.2, -0.15) is 0 Å². The van der Waals surface area contributed by atoms with Crippen molar-refractivity contribution in [2.24, 2.45) is 0 Å². The number of pyridine rings is 1. The molecule has 180 valence electrons. The van der Waals surface area contributed by atoms with Crippen LogP contribution >= 0.6 is 11.3 Å². The number of nitrogens with zero attached hydrogens (tertiary/aromatic N) is 3. The third-order valence-electron chi connectivity index (χ3n) is 6.70. The molecule has 1 N–H and O–H groups in total. The molecule has 0 saturated carbocycles. The molecule has 0 radical (unpaired) electrons. The van der Waals surface area contributed by atoms with E-state index in [1.807, 2.05) is 18.5 Å². The molecule has 3 aromatic heterocycles. The fraction of sp³-hybridized carbons (Fsp3) is 0.286. The summed E-state index contributed by atoms with van der Waals surface area (Å²) in [7, 11) is 0. The highest BCUT2D eigenvalue weighted by molar-refractivity contribution is 7.16. The fourth-order valence-corrected chi connectivity index (χ4v) is 5.85. The van der Waals surface area contributed by atoms with Crippen molar-refractivity contribution in [1.82, 2.24) is 14.8 Å². The molecule has 0 unspecified atom stereocenters. The van der Waals surface area contributed by atoms with Crippen LogP contribution in [0.2, 0.25) is 0 Å². The average Bonchev–Trinajstić information content (AvgIpc) is 3.52. The number of amides is 1. The molecular formula is C28H30N4O2S. The van der Waals surface area contributed by atoms with Crippen molar-refractivity contribution in [1.29, 1.82) is 0 Å². The maximum absolute atomic E-state index is 12.9. The van der Waals surface area contributed by atoms with Crippen LogP contribution in [0.15, 0.2) is 77.7 Å². The number of piperazine rings is 1. The minimum atomic E-state index is -0.227. The summed E-state index contributed by atoms with van der Waals surface area (Å²) in [5.41, 5.74) is 4.85. The summed E-state index contributed by atoms with van der Waals surface area (Å²) in [6, 6.07) is 18.2. The summed E-state index contributed by atoms with van der Waals surface area (Å²) in [6.45, 7) is 9.08. The van der Waals surface area contributed by atoms with Gasteiger partial charge in [0.15, 0.2) is 5.76 Å². The Morgan fingerprint density at radius 3 is 2.54 bits per heavy atom. The average molecular weight is 487 g/mol. The van der Waals surface area contributed by atoms with Gasteiger partial charge < -0.3 is 9.73 Å². The van der Waals surface area contributed by atoms with Crippen LogP contribution in [0.3, 0.4) is 0 Å². The van der Waals surface area contributed by atoms with Crippen LogP contribution in [0.4, 0.5) is 5.00 Å². The Morgan fingerprint density at radius 1 is 1.06 bits per heavy atom.